The second-order valence-electron chi connectivity index (χ2n) is 4.81. The van der Waals surface area contributed by atoms with Gasteiger partial charge < -0.3 is 5.11 Å². The molecule has 1 heteroatoms. The van der Waals surface area contributed by atoms with E-state index in [0.717, 1.165) is 23.1 Å². The molecule has 1 N–H and O–H groups in total. The van der Waals surface area contributed by atoms with Crippen molar-refractivity contribution in [1.29, 1.82) is 0 Å². The van der Waals surface area contributed by atoms with Gasteiger partial charge in [-0.3, -0.25) is 0 Å². The first kappa shape index (κ1) is 13.7. The molecule has 0 saturated heterocycles. The molecule has 1 atom stereocenters. The fourth-order valence-corrected chi connectivity index (χ4v) is 1.95. The van der Waals surface area contributed by atoms with E-state index in [1.54, 1.807) is 0 Å². The summed E-state index contributed by atoms with van der Waals surface area (Å²) >= 11 is 0. The standard InChI is InChI=1S/C16H22O/c1-6-14(11-12(2)3)16(5,17)15-9-7-13(4)8-10-15/h7-11,17H,2,6H2,1,3-5H3/b14-11+. The fraction of sp³-hybridized carbons (Fsp3) is 0.375. The third-order valence-corrected chi connectivity index (χ3v) is 3.04. The molecule has 92 valence electrons. The van der Waals surface area contributed by atoms with E-state index in [-0.39, 0.29) is 0 Å². The largest absolute Gasteiger partial charge is 0.381 e. The van der Waals surface area contributed by atoms with E-state index in [1.165, 1.54) is 5.56 Å². The van der Waals surface area contributed by atoms with Crippen molar-refractivity contribution in [3.8, 4) is 0 Å². The maximum atomic E-state index is 10.7. The molecule has 0 aliphatic heterocycles. The van der Waals surface area contributed by atoms with Crippen molar-refractivity contribution in [3.63, 3.8) is 0 Å². The van der Waals surface area contributed by atoms with Gasteiger partial charge in [0.2, 0.25) is 0 Å². The van der Waals surface area contributed by atoms with Crippen LogP contribution in [0.15, 0.2) is 48.1 Å². The number of allylic oxidation sites excluding steroid dienone is 2. The molecule has 0 bridgehead atoms. The van der Waals surface area contributed by atoms with Crippen LogP contribution in [0, 0.1) is 6.92 Å². The number of hydrogen-bond acceptors (Lipinski definition) is 1. The van der Waals surface area contributed by atoms with Gasteiger partial charge in [0.05, 0.1) is 0 Å². The van der Waals surface area contributed by atoms with Crippen molar-refractivity contribution >= 4 is 0 Å². The molecule has 0 radical (unpaired) electrons. The highest BCUT2D eigenvalue weighted by molar-refractivity contribution is 5.36. The van der Waals surface area contributed by atoms with Gasteiger partial charge in [-0.1, -0.05) is 55.0 Å². The summed E-state index contributed by atoms with van der Waals surface area (Å²) in [5.41, 5.74) is 3.17. The fourth-order valence-electron chi connectivity index (χ4n) is 1.95. The number of aryl methyl sites for hydroxylation is 1. The van der Waals surface area contributed by atoms with Crippen LogP contribution in [0.4, 0.5) is 0 Å². The average Bonchev–Trinajstić information content (AvgIpc) is 2.26. The number of benzene rings is 1. The Bertz CT molecular complexity index is 421. The smallest absolute Gasteiger partial charge is 0.108 e. The van der Waals surface area contributed by atoms with Gasteiger partial charge in [-0.25, -0.2) is 0 Å². The molecule has 1 aromatic carbocycles. The number of aliphatic hydroxyl groups is 1. The third kappa shape index (κ3) is 3.31. The Morgan fingerprint density at radius 3 is 2.29 bits per heavy atom. The lowest BCUT2D eigenvalue weighted by Gasteiger charge is -2.27. The van der Waals surface area contributed by atoms with Gasteiger partial charge in [-0.15, -0.1) is 0 Å². The first-order valence-corrected chi connectivity index (χ1v) is 6.04. The molecule has 0 heterocycles. The minimum Gasteiger partial charge on any atom is -0.381 e. The topological polar surface area (TPSA) is 20.2 Å². The molecular formula is C16H22O. The van der Waals surface area contributed by atoms with Gasteiger partial charge in [0, 0.05) is 0 Å². The van der Waals surface area contributed by atoms with Gasteiger partial charge in [-0.2, -0.15) is 0 Å². The van der Waals surface area contributed by atoms with E-state index in [1.807, 2.05) is 51.1 Å². The minimum atomic E-state index is -0.915. The van der Waals surface area contributed by atoms with Gasteiger partial charge in [0.1, 0.15) is 5.60 Å². The van der Waals surface area contributed by atoms with Crippen LogP contribution in [0.5, 0.6) is 0 Å². The maximum absolute atomic E-state index is 10.7. The Labute approximate surface area is 104 Å². The maximum Gasteiger partial charge on any atom is 0.108 e. The lowest BCUT2D eigenvalue weighted by atomic mass is 9.85. The summed E-state index contributed by atoms with van der Waals surface area (Å²) in [7, 11) is 0. The Morgan fingerprint density at radius 2 is 1.88 bits per heavy atom. The molecule has 0 aromatic heterocycles. The van der Waals surface area contributed by atoms with Gasteiger partial charge in [-0.05, 0) is 38.3 Å². The van der Waals surface area contributed by atoms with Gasteiger partial charge in [0.15, 0.2) is 0 Å². The highest BCUT2D eigenvalue weighted by atomic mass is 16.3. The molecule has 1 nitrogen and oxygen atoms in total. The van der Waals surface area contributed by atoms with E-state index in [2.05, 4.69) is 13.5 Å². The summed E-state index contributed by atoms with van der Waals surface area (Å²) in [6.07, 6.45) is 2.79. The van der Waals surface area contributed by atoms with E-state index in [4.69, 9.17) is 0 Å². The van der Waals surface area contributed by atoms with Crippen molar-refractivity contribution in [2.24, 2.45) is 0 Å². The van der Waals surface area contributed by atoms with Crippen molar-refractivity contribution in [1.82, 2.24) is 0 Å². The summed E-state index contributed by atoms with van der Waals surface area (Å²) < 4.78 is 0. The van der Waals surface area contributed by atoms with Crippen molar-refractivity contribution in [2.45, 2.75) is 39.7 Å². The normalized spacial score (nSPS) is 15.5. The van der Waals surface area contributed by atoms with Crippen LogP contribution < -0.4 is 0 Å². The van der Waals surface area contributed by atoms with E-state index < -0.39 is 5.60 Å². The zero-order chi connectivity index (χ0) is 13.1. The first-order valence-electron chi connectivity index (χ1n) is 6.04. The van der Waals surface area contributed by atoms with Crippen molar-refractivity contribution in [3.05, 3.63) is 59.2 Å². The molecule has 0 saturated carbocycles. The third-order valence-electron chi connectivity index (χ3n) is 3.04. The molecule has 17 heavy (non-hydrogen) atoms. The molecule has 1 aromatic rings. The molecule has 1 rings (SSSR count). The summed E-state index contributed by atoms with van der Waals surface area (Å²) in [4.78, 5) is 0. The van der Waals surface area contributed by atoms with E-state index in [0.29, 0.717) is 0 Å². The molecule has 0 spiro atoms. The predicted molar refractivity (Wildman–Crippen MR) is 73.9 cm³/mol. The van der Waals surface area contributed by atoms with Crippen molar-refractivity contribution < 1.29 is 5.11 Å². The van der Waals surface area contributed by atoms with Crippen LogP contribution in [-0.4, -0.2) is 5.11 Å². The van der Waals surface area contributed by atoms with Gasteiger partial charge in [0.25, 0.3) is 0 Å². The molecular weight excluding hydrogens is 208 g/mol. The zero-order valence-corrected chi connectivity index (χ0v) is 11.2. The molecule has 0 amide bonds. The van der Waals surface area contributed by atoms with Crippen LogP contribution in [0.2, 0.25) is 0 Å². The van der Waals surface area contributed by atoms with Crippen molar-refractivity contribution in [2.75, 3.05) is 0 Å². The Kier molecular flexibility index (Phi) is 4.30. The molecule has 0 aliphatic carbocycles. The van der Waals surface area contributed by atoms with E-state index >= 15 is 0 Å². The summed E-state index contributed by atoms with van der Waals surface area (Å²) in [6, 6.07) is 8.02. The zero-order valence-electron chi connectivity index (χ0n) is 11.2. The minimum absolute atomic E-state index is 0.813. The number of hydrogen-bond donors (Lipinski definition) is 1. The summed E-state index contributed by atoms with van der Waals surface area (Å²) in [5, 5.41) is 10.7. The Morgan fingerprint density at radius 1 is 1.35 bits per heavy atom. The number of rotatable bonds is 4. The monoisotopic (exact) mass is 230 g/mol. The van der Waals surface area contributed by atoms with Crippen LogP contribution in [-0.2, 0) is 5.60 Å². The van der Waals surface area contributed by atoms with Gasteiger partial charge >= 0.3 is 0 Å². The van der Waals surface area contributed by atoms with Crippen LogP contribution >= 0.6 is 0 Å². The van der Waals surface area contributed by atoms with Crippen LogP contribution in [0.3, 0.4) is 0 Å². The van der Waals surface area contributed by atoms with Crippen LogP contribution in [0.25, 0.3) is 0 Å². The highest BCUT2D eigenvalue weighted by Gasteiger charge is 2.26. The average molecular weight is 230 g/mol. The molecule has 0 aliphatic rings. The summed E-state index contributed by atoms with van der Waals surface area (Å²) in [6.45, 7) is 11.8. The molecule has 0 fully saturated rings. The quantitative estimate of drug-likeness (QED) is 0.772. The predicted octanol–water partition coefficient (Wildman–Crippen LogP) is 4.12. The van der Waals surface area contributed by atoms with E-state index in [9.17, 15) is 5.11 Å². The Hall–Kier alpha value is -1.34. The summed E-state index contributed by atoms with van der Waals surface area (Å²) in [5.74, 6) is 0. The van der Waals surface area contributed by atoms with Crippen LogP contribution in [0.1, 0.15) is 38.3 Å². The second kappa shape index (κ2) is 5.33. The highest BCUT2D eigenvalue weighted by Crippen LogP contribution is 2.31. The SMILES string of the molecule is C=C(C)/C=C(\CC)C(C)(O)c1ccc(C)cc1. The first-order chi connectivity index (χ1) is 7.87. The Balaban J connectivity index is 3.16. The molecule has 1 unspecified atom stereocenters. The lowest BCUT2D eigenvalue weighted by molar-refractivity contribution is 0.0942. The lowest BCUT2D eigenvalue weighted by Crippen LogP contribution is -2.24. The second-order valence-corrected chi connectivity index (χ2v) is 4.81.